The van der Waals surface area contributed by atoms with Crippen LogP contribution in [0.25, 0.3) is 0 Å². The van der Waals surface area contributed by atoms with Crippen molar-refractivity contribution in [3.05, 3.63) is 11.4 Å². The van der Waals surface area contributed by atoms with Gasteiger partial charge in [-0.3, -0.25) is 9.59 Å². The van der Waals surface area contributed by atoms with E-state index in [0.717, 1.165) is 5.31 Å². The summed E-state index contributed by atoms with van der Waals surface area (Å²) in [5, 5.41) is 10.3. The Morgan fingerprint density at radius 3 is 2.17 bits per heavy atom. The van der Waals surface area contributed by atoms with E-state index in [1.54, 1.807) is 0 Å². The van der Waals surface area contributed by atoms with Crippen molar-refractivity contribution < 1.29 is 19.4 Å². The number of esters is 1. The van der Waals surface area contributed by atoms with E-state index >= 15 is 0 Å². The summed E-state index contributed by atoms with van der Waals surface area (Å²) >= 11 is 0. The van der Waals surface area contributed by atoms with Gasteiger partial charge in [-0.15, -0.1) is 9.24 Å². The lowest BCUT2D eigenvalue weighted by Gasteiger charge is -2.33. The Labute approximate surface area is 111 Å². The number of methoxy groups -OCH3 is 1. The molecule has 0 aromatic rings. The van der Waals surface area contributed by atoms with Gasteiger partial charge in [-0.1, -0.05) is 32.2 Å². The lowest BCUT2D eigenvalue weighted by atomic mass is 9.72. The van der Waals surface area contributed by atoms with Gasteiger partial charge in [0.2, 0.25) is 0 Å². The van der Waals surface area contributed by atoms with Gasteiger partial charge in [-0.2, -0.15) is 0 Å². The smallest absolute Gasteiger partial charge is 0.307 e. The molecule has 0 radical (unpaired) electrons. The first-order chi connectivity index (χ1) is 8.09. The minimum atomic E-state index is -0.970. The summed E-state index contributed by atoms with van der Waals surface area (Å²) in [6, 6.07) is 0. The van der Waals surface area contributed by atoms with Crippen LogP contribution < -0.4 is 0 Å². The summed E-state index contributed by atoms with van der Waals surface area (Å²) < 4.78 is 4.57. The normalized spacial score (nSPS) is 16.0. The SMILES string of the molecule is COC(=O)CC(C(=O)O)C(/C=C(\C)P)C(C)(C)C. The van der Waals surface area contributed by atoms with Crippen LogP contribution >= 0.6 is 9.24 Å². The number of carbonyl (C=O) groups excluding carboxylic acids is 1. The molecule has 1 N–H and O–H groups in total. The monoisotopic (exact) mass is 274 g/mol. The highest BCUT2D eigenvalue weighted by Gasteiger charge is 2.36. The van der Waals surface area contributed by atoms with Crippen molar-refractivity contribution in [1.82, 2.24) is 0 Å². The average molecular weight is 274 g/mol. The van der Waals surface area contributed by atoms with Crippen LogP contribution in [0.15, 0.2) is 11.4 Å². The van der Waals surface area contributed by atoms with Crippen molar-refractivity contribution >= 4 is 21.2 Å². The first kappa shape index (κ1) is 17.1. The fourth-order valence-electron chi connectivity index (χ4n) is 1.88. The van der Waals surface area contributed by atoms with Crippen molar-refractivity contribution in [2.75, 3.05) is 7.11 Å². The van der Waals surface area contributed by atoms with E-state index in [9.17, 15) is 14.7 Å². The van der Waals surface area contributed by atoms with Gasteiger partial charge in [0.25, 0.3) is 0 Å². The molecule has 4 nitrogen and oxygen atoms in total. The summed E-state index contributed by atoms with van der Waals surface area (Å²) in [5.74, 6) is -2.46. The number of aliphatic carboxylic acids is 1. The molecule has 0 amide bonds. The van der Waals surface area contributed by atoms with E-state index in [1.807, 2.05) is 33.8 Å². The van der Waals surface area contributed by atoms with E-state index in [1.165, 1.54) is 7.11 Å². The van der Waals surface area contributed by atoms with Crippen LogP contribution in [0.3, 0.4) is 0 Å². The van der Waals surface area contributed by atoms with E-state index in [-0.39, 0.29) is 17.8 Å². The fourth-order valence-corrected chi connectivity index (χ4v) is 2.09. The highest BCUT2D eigenvalue weighted by molar-refractivity contribution is 7.22. The van der Waals surface area contributed by atoms with Crippen molar-refractivity contribution in [3.8, 4) is 0 Å². The molecule has 3 atom stereocenters. The van der Waals surface area contributed by atoms with Crippen LogP contribution in [0, 0.1) is 17.3 Å². The zero-order valence-corrected chi connectivity index (χ0v) is 12.8. The number of rotatable bonds is 5. The van der Waals surface area contributed by atoms with Crippen LogP contribution in [0.5, 0.6) is 0 Å². The average Bonchev–Trinajstić information content (AvgIpc) is 2.20. The molecule has 0 aromatic heterocycles. The Morgan fingerprint density at radius 2 is 1.89 bits per heavy atom. The van der Waals surface area contributed by atoms with E-state index in [4.69, 9.17) is 0 Å². The van der Waals surface area contributed by atoms with E-state index in [2.05, 4.69) is 14.0 Å². The van der Waals surface area contributed by atoms with E-state index in [0.29, 0.717) is 0 Å². The maximum Gasteiger partial charge on any atom is 0.307 e. The van der Waals surface area contributed by atoms with Gasteiger partial charge in [-0.05, 0) is 18.3 Å². The molecule has 0 saturated carbocycles. The number of allylic oxidation sites excluding steroid dienone is 2. The van der Waals surface area contributed by atoms with Gasteiger partial charge in [0.15, 0.2) is 0 Å². The molecule has 3 unspecified atom stereocenters. The summed E-state index contributed by atoms with van der Waals surface area (Å²) in [6.07, 6.45) is 1.79. The van der Waals surface area contributed by atoms with Crippen molar-refractivity contribution in [3.63, 3.8) is 0 Å². The zero-order chi connectivity index (χ0) is 14.5. The third kappa shape index (κ3) is 5.63. The Hall–Kier alpha value is -0.890. The first-order valence-electron chi connectivity index (χ1n) is 5.83. The maximum absolute atomic E-state index is 11.4. The number of carboxylic acid groups (broad SMARTS) is 1. The Kier molecular flexibility index (Phi) is 6.55. The molecule has 0 aliphatic carbocycles. The van der Waals surface area contributed by atoms with Crippen LogP contribution in [0.4, 0.5) is 0 Å². The molecule has 0 aromatic carbocycles. The third-order valence-corrected chi connectivity index (χ3v) is 3.00. The van der Waals surface area contributed by atoms with Crippen LogP contribution in [-0.2, 0) is 14.3 Å². The van der Waals surface area contributed by atoms with Gasteiger partial charge in [0.05, 0.1) is 19.4 Å². The van der Waals surface area contributed by atoms with Gasteiger partial charge >= 0.3 is 11.9 Å². The molecule has 0 aliphatic heterocycles. The highest BCUT2D eigenvalue weighted by atomic mass is 31.0. The van der Waals surface area contributed by atoms with E-state index < -0.39 is 17.9 Å². The number of hydrogen-bond acceptors (Lipinski definition) is 3. The Morgan fingerprint density at radius 1 is 1.39 bits per heavy atom. The lowest BCUT2D eigenvalue weighted by Crippen LogP contribution is -2.34. The van der Waals surface area contributed by atoms with Crippen LogP contribution in [0.1, 0.15) is 34.1 Å². The molecular formula is C13H23O4P. The lowest BCUT2D eigenvalue weighted by molar-refractivity contribution is -0.152. The predicted octanol–water partition coefficient (Wildman–Crippen LogP) is 2.69. The van der Waals surface area contributed by atoms with Gasteiger partial charge in [0.1, 0.15) is 0 Å². The molecule has 0 bridgehead atoms. The molecule has 104 valence electrons. The maximum atomic E-state index is 11.4. The van der Waals surface area contributed by atoms with Gasteiger partial charge in [-0.25, -0.2) is 0 Å². The minimum Gasteiger partial charge on any atom is -0.481 e. The summed E-state index contributed by atoms with van der Waals surface area (Å²) in [5.41, 5.74) is -0.241. The molecule has 0 heterocycles. The van der Waals surface area contributed by atoms with Crippen molar-refractivity contribution in [2.24, 2.45) is 17.3 Å². The van der Waals surface area contributed by atoms with Crippen LogP contribution in [-0.4, -0.2) is 24.2 Å². The number of hydrogen-bond donors (Lipinski definition) is 1. The highest BCUT2D eigenvalue weighted by Crippen LogP contribution is 2.36. The summed E-state index contributed by atoms with van der Waals surface area (Å²) in [6.45, 7) is 7.79. The number of ether oxygens (including phenoxy) is 1. The first-order valence-corrected chi connectivity index (χ1v) is 6.40. The molecule has 5 heteroatoms. The second-order valence-electron chi connectivity index (χ2n) is 5.53. The van der Waals surface area contributed by atoms with Crippen LogP contribution in [0.2, 0.25) is 0 Å². The summed E-state index contributed by atoms with van der Waals surface area (Å²) in [4.78, 5) is 22.7. The standard InChI is InChI=1S/C13H23O4P/c1-8(18)6-10(13(2,3)4)9(12(15)16)7-11(14)17-5/h6,9-10H,7,18H2,1-5H3,(H,15,16)/b8-6+. The second kappa shape index (κ2) is 6.89. The predicted molar refractivity (Wildman–Crippen MR) is 74.2 cm³/mol. The van der Waals surface area contributed by atoms with Gasteiger partial charge in [0, 0.05) is 0 Å². The Bertz CT molecular complexity index is 337. The van der Waals surface area contributed by atoms with Gasteiger partial charge < -0.3 is 9.84 Å². The summed E-state index contributed by atoms with van der Waals surface area (Å²) in [7, 11) is 3.81. The molecule has 0 saturated heterocycles. The van der Waals surface area contributed by atoms with Crippen molar-refractivity contribution in [1.29, 1.82) is 0 Å². The molecule has 18 heavy (non-hydrogen) atoms. The number of carboxylic acids is 1. The van der Waals surface area contributed by atoms with Crippen molar-refractivity contribution in [2.45, 2.75) is 34.1 Å². The molecular weight excluding hydrogens is 251 g/mol. The quantitative estimate of drug-likeness (QED) is 0.618. The zero-order valence-electron chi connectivity index (χ0n) is 11.7. The Balaban J connectivity index is 5.30. The molecule has 0 rings (SSSR count). The topological polar surface area (TPSA) is 63.6 Å². The second-order valence-corrected chi connectivity index (χ2v) is 6.44. The molecule has 0 spiro atoms. The third-order valence-electron chi connectivity index (χ3n) is 2.81. The molecule has 0 fully saturated rings. The molecule has 0 aliphatic rings. The fraction of sp³-hybridized carbons (Fsp3) is 0.692. The largest absolute Gasteiger partial charge is 0.481 e. The number of carbonyl (C=O) groups is 2. The minimum absolute atomic E-state index is 0.109.